The highest BCUT2D eigenvalue weighted by molar-refractivity contribution is 5.99. The SMILES string of the molecule is O=C1OCc2ccc(NC(=O)C3CCCN3C(=O)OCc3ccccc3)cc21. The Balaban J connectivity index is 1.39. The van der Waals surface area contributed by atoms with Crippen molar-refractivity contribution in [3.8, 4) is 0 Å². The van der Waals surface area contributed by atoms with Crippen molar-refractivity contribution in [2.24, 2.45) is 0 Å². The Hall–Kier alpha value is -3.35. The molecule has 0 bridgehead atoms. The Kier molecular flexibility index (Phi) is 4.97. The van der Waals surface area contributed by atoms with Crippen LogP contribution < -0.4 is 5.32 Å². The van der Waals surface area contributed by atoms with Crippen LogP contribution in [0.15, 0.2) is 48.5 Å². The van der Waals surface area contributed by atoms with Crippen molar-refractivity contribution in [2.75, 3.05) is 11.9 Å². The van der Waals surface area contributed by atoms with Gasteiger partial charge < -0.3 is 14.8 Å². The summed E-state index contributed by atoms with van der Waals surface area (Å²) in [5.41, 5.74) is 2.66. The molecule has 2 heterocycles. The van der Waals surface area contributed by atoms with Gasteiger partial charge in [-0.15, -0.1) is 0 Å². The van der Waals surface area contributed by atoms with E-state index in [2.05, 4.69) is 5.32 Å². The molecule has 2 aliphatic heterocycles. The third-order valence-electron chi connectivity index (χ3n) is 4.95. The summed E-state index contributed by atoms with van der Waals surface area (Å²) in [6.45, 7) is 0.895. The monoisotopic (exact) mass is 380 g/mol. The first-order valence-electron chi connectivity index (χ1n) is 9.20. The van der Waals surface area contributed by atoms with E-state index in [0.717, 1.165) is 17.5 Å². The molecule has 1 atom stereocenters. The fourth-order valence-electron chi connectivity index (χ4n) is 3.48. The number of likely N-dealkylation sites (tertiary alicyclic amines) is 1. The van der Waals surface area contributed by atoms with E-state index in [1.807, 2.05) is 30.3 Å². The summed E-state index contributed by atoms with van der Waals surface area (Å²) < 4.78 is 10.3. The Morgan fingerprint density at radius 1 is 1.18 bits per heavy atom. The normalized spacial score (nSPS) is 17.8. The van der Waals surface area contributed by atoms with Gasteiger partial charge in [0.1, 0.15) is 19.3 Å². The molecule has 0 spiro atoms. The summed E-state index contributed by atoms with van der Waals surface area (Å²) in [5, 5.41) is 2.80. The third kappa shape index (κ3) is 3.69. The minimum Gasteiger partial charge on any atom is -0.457 e. The molecular formula is C21H20N2O5. The number of nitrogens with one attached hydrogen (secondary N) is 1. The zero-order valence-corrected chi connectivity index (χ0v) is 15.2. The predicted octanol–water partition coefficient (Wildman–Crippen LogP) is 3.10. The number of ether oxygens (including phenoxy) is 2. The molecule has 0 radical (unpaired) electrons. The lowest BCUT2D eigenvalue weighted by molar-refractivity contribution is -0.120. The van der Waals surface area contributed by atoms with Gasteiger partial charge in [-0.1, -0.05) is 36.4 Å². The highest BCUT2D eigenvalue weighted by atomic mass is 16.6. The van der Waals surface area contributed by atoms with Crippen LogP contribution in [-0.2, 0) is 27.5 Å². The fraction of sp³-hybridized carbons (Fsp3) is 0.286. The third-order valence-corrected chi connectivity index (χ3v) is 4.95. The maximum absolute atomic E-state index is 12.7. The van der Waals surface area contributed by atoms with Gasteiger partial charge in [-0.2, -0.15) is 0 Å². The second-order valence-electron chi connectivity index (χ2n) is 6.83. The van der Waals surface area contributed by atoms with Crippen LogP contribution in [0.25, 0.3) is 0 Å². The number of rotatable bonds is 4. The maximum atomic E-state index is 12.7. The number of anilines is 1. The van der Waals surface area contributed by atoms with Crippen molar-refractivity contribution >= 4 is 23.7 Å². The van der Waals surface area contributed by atoms with E-state index < -0.39 is 18.1 Å². The van der Waals surface area contributed by atoms with Crippen molar-refractivity contribution < 1.29 is 23.9 Å². The molecule has 28 heavy (non-hydrogen) atoms. The van der Waals surface area contributed by atoms with Gasteiger partial charge >= 0.3 is 12.1 Å². The standard InChI is InChI=1S/C21H20N2O5/c24-19(22-16-9-8-15-13-27-20(25)17(15)11-16)18-7-4-10-23(18)21(26)28-12-14-5-2-1-3-6-14/h1-3,5-6,8-9,11,18H,4,7,10,12-13H2,(H,22,24). The van der Waals surface area contributed by atoms with Crippen LogP contribution in [0, 0.1) is 0 Å². The summed E-state index contributed by atoms with van der Waals surface area (Å²) in [4.78, 5) is 38.3. The van der Waals surface area contributed by atoms with Gasteiger partial charge in [-0.05, 0) is 30.5 Å². The molecule has 2 aromatic rings. The molecule has 2 aromatic carbocycles. The molecule has 0 saturated carbocycles. The fourth-order valence-corrected chi connectivity index (χ4v) is 3.48. The van der Waals surface area contributed by atoms with E-state index in [4.69, 9.17) is 9.47 Å². The highest BCUT2D eigenvalue weighted by Crippen LogP contribution is 2.25. The largest absolute Gasteiger partial charge is 0.457 e. The summed E-state index contributed by atoms with van der Waals surface area (Å²) >= 11 is 0. The van der Waals surface area contributed by atoms with Crippen LogP contribution >= 0.6 is 0 Å². The molecule has 1 saturated heterocycles. The van der Waals surface area contributed by atoms with E-state index in [-0.39, 0.29) is 19.1 Å². The number of amides is 2. The molecule has 7 nitrogen and oxygen atoms in total. The van der Waals surface area contributed by atoms with E-state index in [1.54, 1.807) is 18.2 Å². The number of carbonyl (C=O) groups excluding carboxylic acids is 3. The van der Waals surface area contributed by atoms with Crippen molar-refractivity contribution in [1.82, 2.24) is 4.90 Å². The van der Waals surface area contributed by atoms with Crippen molar-refractivity contribution in [3.63, 3.8) is 0 Å². The second kappa shape index (κ2) is 7.72. The van der Waals surface area contributed by atoms with Crippen LogP contribution in [0.3, 0.4) is 0 Å². The quantitative estimate of drug-likeness (QED) is 0.824. The van der Waals surface area contributed by atoms with Gasteiger partial charge in [0.15, 0.2) is 0 Å². The molecular weight excluding hydrogens is 360 g/mol. The lowest BCUT2D eigenvalue weighted by Crippen LogP contribution is -2.43. The summed E-state index contributed by atoms with van der Waals surface area (Å²) in [6, 6.07) is 13.9. The second-order valence-corrected chi connectivity index (χ2v) is 6.83. The zero-order chi connectivity index (χ0) is 19.5. The summed E-state index contributed by atoms with van der Waals surface area (Å²) in [5.74, 6) is -0.682. The number of carbonyl (C=O) groups is 3. The summed E-state index contributed by atoms with van der Waals surface area (Å²) in [6.07, 6.45) is 0.799. The first kappa shape index (κ1) is 18.0. The maximum Gasteiger partial charge on any atom is 0.410 e. The van der Waals surface area contributed by atoms with E-state index in [9.17, 15) is 14.4 Å². The molecule has 2 aliphatic rings. The van der Waals surface area contributed by atoms with Crippen LogP contribution in [0.2, 0.25) is 0 Å². The minimum atomic E-state index is -0.594. The van der Waals surface area contributed by atoms with Gasteiger partial charge in [0.05, 0.1) is 5.56 Å². The molecule has 0 aromatic heterocycles. The Morgan fingerprint density at radius 3 is 2.82 bits per heavy atom. The molecule has 0 aliphatic carbocycles. The Morgan fingerprint density at radius 2 is 2.00 bits per heavy atom. The average molecular weight is 380 g/mol. The van der Waals surface area contributed by atoms with Crippen molar-refractivity contribution in [1.29, 1.82) is 0 Å². The topological polar surface area (TPSA) is 84.9 Å². The first-order valence-corrected chi connectivity index (χ1v) is 9.20. The molecule has 1 fully saturated rings. The van der Waals surface area contributed by atoms with E-state index in [0.29, 0.717) is 24.2 Å². The number of nitrogens with zero attached hydrogens (tertiary/aromatic N) is 1. The van der Waals surface area contributed by atoms with Gasteiger partial charge in [-0.25, -0.2) is 9.59 Å². The number of fused-ring (bicyclic) bond motifs is 1. The van der Waals surface area contributed by atoms with Crippen LogP contribution in [0.1, 0.15) is 34.3 Å². The molecule has 4 rings (SSSR count). The number of esters is 1. The molecule has 144 valence electrons. The minimum absolute atomic E-state index is 0.164. The van der Waals surface area contributed by atoms with Crippen LogP contribution in [0.5, 0.6) is 0 Å². The molecule has 1 N–H and O–H groups in total. The van der Waals surface area contributed by atoms with Gasteiger partial charge in [0.25, 0.3) is 0 Å². The van der Waals surface area contributed by atoms with E-state index in [1.165, 1.54) is 4.90 Å². The van der Waals surface area contributed by atoms with Crippen LogP contribution in [0.4, 0.5) is 10.5 Å². The lowest BCUT2D eigenvalue weighted by atomic mass is 10.1. The smallest absolute Gasteiger partial charge is 0.410 e. The Bertz CT molecular complexity index is 912. The number of benzene rings is 2. The molecule has 1 unspecified atom stereocenters. The van der Waals surface area contributed by atoms with Gasteiger partial charge in [0.2, 0.25) is 5.91 Å². The van der Waals surface area contributed by atoms with Crippen molar-refractivity contribution in [3.05, 3.63) is 65.2 Å². The van der Waals surface area contributed by atoms with Crippen LogP contribution in [-0.4, -0.2) is 35.5 Å². The van der Waals surface area contributed by atoms with Crippen molar-refractivity contribution in [2.45, 2.75) is 32.1 Å². The van der Waals surface area contributed by atoms with E-state index >= 15 is 0 Å². The first-order chi connectivity index (χ1) is 13.6. The predicted molar refractivity (Wildman–Crippen MR) is 101 cm³/mol. The highest BCUT2D eigenvalue weighted by Gasteiger charge is 2.35. The molecule has 2 amide bonds. The van der Waals surface area contributed by atoms with Gasteiger partial charge in [0, 0.05) is 17.8 Å². The number of hydrogen-bond donors (Lipinski definition) is 1. The average Bonchev–Trinajstić information content (AvgIpc) is 3.34. The summed E-state index contributed by atoms with van der Waals surface area (Å²) in [7, 11) is 0. The lowest BCUT2D eigenvalue weighted by Gasteiger charge is -2.23. The zero-order valence-electron chi connectivity index (χ0n) is 15.2. The van der Waals surface area contributed by atoms with Gasteiger partial charge in [-0.3, -0.25) is 9.69 Å². The molecule has 7 heteroatoms. The Labute approximate surface area is 162 Å². The number of cyclic esters (lactones) is 1. The number of hydrogen-bond acceptors (Lipinski definition) is 5.